The molecule has 0 amide bonds. The molecule has 2 aromatic heterocycles. The van der Waals surface area contributed by atoms with Gasteiger partial charge in [0.25, 0.3) is 5.16 Å². The number of carboxylic acids is 1. The Morgan fingerprint density at radius 2 is 2.07 bits per heavy atom. The van der Waals surface area contributed by atoms with E-state index < -0.39 is 61.4 Å². The Labute approximate surface area is 251 Å². The van der Waals surface area contributed by atoms with E-state index in [0.29, 0.717) is 23.4 Å². The number of carbonyl (C=O) groups excluding carboxylic acids is 1. The van der Waals surface area contributed by atoms with Crippen LogP contribution in [-0.4, -0.2) is 82.0 Å². The summed E-state index contributed by atoms with van der Waals surface area (Å²) >= 11 is 0. The predicted octanol–water partition coefficient (Wildman–Crippen LogP) is 1.97. The van der Waals surface area contributed by atoms with Crippen LogP contribution < -0.4 is 15.4 Å². The molecule has 0 saturated carbocycles. The molecule has 0 fully saturated rings. The van der Waals surface area contributed by atoms with E-state index in [-0.39, 0.29) is 31.6 Å². The molecule has 0 saturated heterocycles. The smallest absolute Gasteiger partial charge is 0.373 e. The van der Waals surface area contributed by atoms with Crippen LogP contribution in [0.2, 0.25) is 0 Å². The maximum absolute atomic E-state index is 12.5. The average molecular weight is 631 g/mol. The zero-order valence-corrected chi connectivity index (χ0v) is 24.5. The lowest BCUT2D eigenvalue weighted by molar-refractivity contribution is -0.385. The van der Waals surface area contributed by atoms with Gasteiger partial charge in [0.05, 0.1) is 17.9 Å². The van der Waals surface area contributed by atoms with E-state index in [0.717, 1.165) is 12.7 Å². The summed E-state index contributed by atoms with van der Waals surface area (Å²) in [6.07, 6.45) is 5.59. The molecule has 44 heavy (non-hydrogen) atoms. The number of hydrogen-bond donors (Lipinski definition) is 4. The summed E-state index contributed by atoms with van der Waals surface area (Å²) < 4.78 is 35.9. The van der Waals surface area contributed by atoms with Gasteiger partial charge in [0.15, 0.2) is 0 Å². The maximum atomic E-state index is 12.5. The number of ether oxygens (including phenoxy) is 2. The third-order valence-electron chi connectivity index (χ3n) is 6.24. The molecule has 2 unspecified atom stereocenters. The Balaban J connectivity index is 1.78. The third-order valence-corrected chi connectivity index (χ3v) is 7.09. The van der Waals surface area contributed by atoms with Crippen LogP contribution in [0.4, 0.5) is 11.5 Å². The Morgan fingerprint density at radius 3 is 2.68 bits per heavy atom. The Bertz CT molecular complexity index is 1660. The summed E-state index contributed by atoms with van der Waals surface area (Å²) in [5, 5.41) is 26.9. The fraction of sp³-hybridized carbons (Fsp3) is 0.385. The Morgan fingerprint density at radius 1 is 1.27 bits per heavy atom. The number of carbonyl (C=O) groups is 2. The number of imidazole rings is 1. The second-order valence-electron chi connectivity index (χ2n) is 9.65. The number of rotatable bonds is 14. The highest BCUT2D eigenvalue weighted by Crippen LogP contribution is 2.37. The van der Waals surface area contributed by atoms with Gasteiger partial charge in [0.1, 0.15) is 18.0 Å². The Hall–Kier alpha value is -4.97. The highest BCUT2D eigenvalue weighted by Gasteiger charge is 2.33. The lowest BCUT2D eigenvalue weighted by Crippen LogP contribution is -2.32. The topological polar surface area (TPSA) is 241 Å². The summed E-state index contributed by atoms with van der Waals surface area (Å²) in [7, 11) is -4.15. The van der Waals surface area contributed by atoms with E-state index >= 15 is 0 Å². The molecule has 1 aliphatic heterocycles. The summed E-state index contributed by atoms with van der Waals surface area (Å²) in [5.41, 5.74) is 0.728. The number of aromatic amines is 1. The molecule has 3 aromatic rings. The molecule has 4 N–H and O–H groups in total. The molecule has 18 heteroatoms. The van der Waals surface area contributed by atoms with E-state index in [9.17, 15) is 33.2 Å². The largest absolute Gasteiger partial charge is 0.480 e. The first-order valence-electron chi connectivity index (χ1n) is 13.4. The van der Waals surface area contributed by atoms with Gasteiger partial charge in [-0.05, 0) is 43.0 Å². The number of carboxylic acid groups (broad SMARTS) is 1. The highest BCUT2D eigenvalue weighted by atomic mass is 32.2. The highest BCUT2D eigenvalue weighted by molar-refractivity contribution is 7.90. The average Bonchev–Trinajstić information content (AvgIpc) is 3.49. The standard InChI is InChI=1S/C26H30N8O9S/c1-3-42-20(35)6-5-15-9-16(22-28-7-4-8-29-22)11-18(10-15)43-24-21(34(38)39)23(32-26(33-24)44(2,40)41)31-19(25(36)37)12-17-13-27-14-30-17/h7,9-11,13-14,19,22,29H,3-6,8,12H2,1-2H3,(H,27,30)(H,36,37)(H,31,32,33). The molecule has 2 atom stereocenters. The van der Waals surface area contributed by atoms with Crippen molar-refractivity contribution in [2.75, 3.05) is 24.7 Å². The van der Waals surface area contributed by atoms with E-state index in [4.69, 9.17) is 9.47 Å². The van der Waals surface area contributed by atoms with Crippen molar-refractivity contribution in [3.05, 3.63) is 57.7 Å². The lowest BCUT2D eigenvalue weighted by atomic mass is 10.0. The van der Waals surface area contributed by atoms with Crippen molar-refractivity contribution in [2.24, 2.45) is 4.99 Å². The molecule has 234 valence electrons. The van der Waals surface area contributed by atoms with Gasteiger partial charge in [-0.25, -0.2) is 18.2 Å². The number of anilines is 1. The third kappa shape index (κ3) is 8.32. The number of H-pyrrole nitrogens is 1. The predicted molar refractivity (Wildman–Crippen MR) is 154 cm³/mol. The van der Waals surface area contributed by atoms with Gasteiger partial charge in [-0.3, -0.25) is 25.2 Å². The van der Waals surface area contributed by atoms with Crippen LogP contribution in [0.5, 0.6) is 11.6 Å². The van der Waals surface area contributed by atoms with Crippen molar-refractivity contribution in [3.8, 4) is 11.6 Å². The number of aliphatic carboxylic acids is 1. The van der Waals surface area contributed by atoms with Gasteiger partial charge in [0, 0.05) is 43.7 Å². The van der Waals surface area contributed by atoms with Crippen molar-refractivity contribution in [1.82, 2.24) is 25.3 Å². The van der Waals surface area contributed by atoms with Gasteiger partial charge in [-0.1, -0.05) is 6.07 Å². The van der Waals surface area contributed by atoms with E-state index in [1.54, 1.807) is 25.3 Å². The summed E-state index contributed by atoms with van der Waals surface area (Å²) in [6, 6.07) is 3.39. The minimum absolute atomic E-state index is 0.0309. The monoisotopic (exact) mass is 630 g/mol. The molecule has 0 aliphatic carbocycles. The van der Waals surface area contributed by atoms with Crippen molar-refractivity contribution >= 4 is 39.5 Å². The van der Waals surface area contributed by atoms with Crippen molar-refractivity contribution in [2.45, 2.75) is 50.0 Å². The molecular weight excluding hydrogens is 600 g/mol. The number of nitro groups is 1. The number of aliphatic imine (C=N–C) groups is 1. The second-order valence-corrected chi connectivity index (χ2v) is 11.6. The van der Waals surface area contributed by atoms with E-state index in [2.05, 4.69) is 35.6 Å². The van der Waals surface area contributed by atoms with Crippen molar-refractivity contribution < 1.29 is 37.5 Å². The van der Waals surface area contributed by atoms with Crippen molar-refractivity contribution in [3.63, 3.8) is 0 Å². The number of hydrogen-bond acceptors (Lipinski definition) is 14. The van der Waals surface area contributed by atoms with Gasteiger partial charge in [-0.15, -0.1) is 0 Å². The molecular formula is C26H30N8O9S. The second kappa shape index (κ2) is 14.0. The van der Waals surface area contributed by atoms with E-state index in [1.807, 2.05) is 0 Å². The molecule has 17 nitrogen and oxygen atoms in total. The van der Waals surface area contributed by atoms with Crippen LogP contribution in [0, 0.1) is 10.1 Å². The zero-order valence-electron chi connectivity index (χ0n) is 23.7. The normalized spacial score (nSPS) is 15.4. The lowest BCUT2D eigenvalue weighted by Gasteiger charge is -2.20. The van der Waals surface area contributed by atoms with Crippen LogP contribution in [0.1, 0.15) is 42.8 Å². The fourth-order valence-corrected chi connectivity index (χ4v) is 4.76. The zero-order chi connectivity index (χ0) is 31.9. The van der Waals surface area contributed by atoms with Crippen LogP contribution in [0.3, 0.4) is 0 Å². The van der Waals surface area contributed by atoms with Gasteiger partial charge < -0.3 is 24.9 Å². The summed E-state index contributed by atoms with van der Waals surface area (Å²) in [6.45, 7) is 2.55. The first-order chi connectivity index (χ1) is 20.9. The van der Waals surface area contributed by atoms with Crippen molar-refractivity contribution in [1.29, 1.82) is 0 Å². The number of nitrogens with zero attached hydrogens (tertiary/aromatic N) is 5. The van der Waals surface area contributed by atoms with E-state index in [1.165, 1.54) is 18.6 Å². The van der Waals surface area contributed by atoms with Gasteiger partial charge in [-0.2, -0.15) is 9.97 Å². The summed E-state index contributed by atoms with van der Waals surface area (Å²) in [5.74, 6) is -3.20. The molecule has 4 rings (SSSR count). The van der Waals surface area contributed by atoms with Crippen LogP contribution in [-0.2, 0) is 37.0 Å². The number of aryl methyl sites for hydroxylation is 1. The number of aromatic nitrogens is 4. The molecule has 1 aromatic carbocycles. The quantitative estimate of drug-likeness (QED) is 0.0862. The maximum Gasteiger partial charge on any atom is 0.373 e. The number of esters is 1. The SMILES string of the molecule is CCOC(=O)CCc1cc(Oc2nc(S(C)(=O)=O)nc(NC(Cc3cnc[nH]3)C(=O)O)c2[N+](=O)[O-])cc(C2N=CCCN2)c1. The molecule has 0 radical (unpaired) electrons. The first kappa shape index (κ1) is 32.0. The fourth-order valence-electron chi connectivity index (χ4n) is 4.26. The minimum atomic E-state index is -4.15. The number of sulfone groups is 1. The Kier molecular flexibility index (Phi) is 10.2. The minimum Gasteiger partial charge on any atom is -0.480 e. The van der Waals surface area contributed by atoms with Gasteiger partial charge in [0.2, 0.25) is 15.7 Å². The number of benzene rings is 1. The number of nitrogens with one attached hydrogen (secondary N) is 3. The molecule has 0 bridgehead atoms. The first-order valence-corrected chi connectivity index (χ1v) is 15.3. The van der Waals surface area contributed by atoms with Crippen LogP contribution in [0.25, 0.3) is 0 Å². The van der Waals surface area contributed by atoms with Crippen LogP contribution >= 0.6 is 0 Å². The molecule has 1 aliphatic rings. The molecule has 3 heterocycles. The molecule has 0 spiro atoms. The van der Waals surface area contributed by atoms with Crippen LogP contribution in [0.15, 0.2) is 40.9 Å². The summed E-state index contributed by atoms with van der Waals surface area (Å²) in [4.78, 5) is 54.1. The van der Waals surface area contributed by atoms with Gasteiger partial charge >= 0.3 is 23.5 Å².